The quantitative estimate of drug-likeness (QED) is 0.840. The lowest BCUT2D eigenvalue weighted by Gasteiger charge is -2.15. The minimum absolute atomic E-state index is 0.347. The molecule has 1 heterocycles. The number of nitrogens with one attached hydrogen (secondary N) is 2. The van der Waals surface area contributed by atoms with Crippen molar-refractivity contribution in [1.29, 1.82) is 0 Å². The molecular formula is C14H24N4. The third-order valence-corrected chi connectivity index (χ3v) is 3.46. The van der Waals surface area contributed by atoms with Crippen LogP contribution in [0.4, 0.5) is 11.6 Å². The molecule has 0 radical (unpaired) electrons. The fourth-order valence-corrected chi connectivity index (χ4v) is 1.97. The molecule has 2 rings (SSSR count). The van der Waals surface area contributed by atoms with E-state index in [1.807, 2.05) is 0 Å². The van der Waals surface area contributed by atoms with Crippen molar-refractivity contribution in [2.24, 2.45) is 5.92 Å². The first-order chi connectivity index (χ1) is 8.52. The third-order valence-electron chi connectivity index (χ3n) is 3.46. The van der Waals surface area contributed by atoms with E-state index in [0.717, 1.165) is 35.5 Å². The van der Waals surface area contributed by atoms with Crippen molar-refractivity contribution in [2.45, 2.75) is 53.0 Å². The SMILES string of the molecule is CCNc1nc(C(C)C)nc(NC2CC2C)c1C. The third kappa shape index (κ3) is 2.74. The zero-order chi connectivity index (χ0) is 13.3. The second-order valence-corrected chi connectivity index (χ2v) is 5.55. The highest BCUT2D eigenvalue weighted by molar-refractivity contribution is 5.58. The van der Waals surface area contributed by atoms with Gasteiger partial charge in [-0.05, 0) is 26.2 Å². The summed E-state index contributed by atoms with van der Waals surface area (Å²) in [6, 6.07) is 0.591. The van der Waals surface area contributed by atoms with Gasteiger partial charge in [0.1, 0.15) is 17.5 Å². The summed E-state index contributed by atoms with van der Waals surface area (Å²) >= 11 is 0. The Hall–Kier alpha value is -1.32. The monoisotopic (exact) mass is 248 g/mol. The fourth-order valence-electron chi connectivity index (χ4n) is 1.97. The minimum atomic E-state index is 0.347. The summed E-state index contributed by atoms with van der Waals surface area (Å²) in [6.45, 7) is 11.6. The fraction of sp³-hybridized carbons (Fsp3) is 0.714. The minimum Gasteiger partial charge on any atom is -0.370 e. The second-order valence-electron chi connectivity index (χ2n) is 5.55. The Bertz CT molecular complexity index is 428. The van der Waals surface area contributed by atoms with Gasteiger partial charge in [-0.1, -0.05) is 20.8 Å². The van der Waals surface area contributed by atoms with Gasteiger partial charge in [-0.2, -0.15) is 0 Å². The molecule has 1 fully saturated rings. The average molecular weight is 248 g/mol. The van der Waals surface area contributed by atoms with Crippen molar-refractivity contribution in [3.05, 3.63) is 11.4 Å². The highest BCUT2D eigenvalue weighted by Gasteiger charge is 2.33. The number of aromatic nitrogens is 2. The summed E-state index contributed by atoms with van der Waals surface area (Å²) in [6.07, 6.45) is 1.25. The normalized spacial score (nSPS) is 22.1. The smallest absolute Gasteiger partial charge is 0.135 e. The Balaban J connectivity index is 2.30. The van der Waals surface area contributed by atoms with Crippen LogP contribution in [0.3, 0.4) is 0 Å². The van der Waals surface area contributed by atoms with E-state index in [0.29, 0.717) is 12.0 Å². The number of rotatable bonds is 5. The standard InChI is InChI=1S/C14H24N4/c1-6-15-13-10(5)14(16-11-7-9(11)4)18-12(17-13)8(2)3/h8-9,11H,6-7H2,1-5H3,(H2,15,16,17,18). The molecule has 2 N–H and O–H groups in total. The maximum atomic E-state index is 4.67. The summed E-state index contributed by atoms with van der Waals surface area (Å²) in [5, 5.41) is 6.86. The zero-order valence-corrected chi connectivity index (χ0v) is 12.0. The molecule has 0 aromatic carbocycles. The molecule has 4 heteroatoms. The summed E-state index contributed by atoms with van der Waals surface area (Å²) in [4.78, 5) is 9.27. The van der Waals surface area contributed by atoms with Crippen molar-refractivity contribution >= 4 is 11.6 Å². The number of anilines is 2. The second kappa shape index (κ2) is 5.12. The van der Waals surface area contributed by atoms with Gasteiger partial charge >= 0.3 is 0 Å². The number of nitrogens with zero attached hydrogens (tertiary/aromatic N) is 2. The van der Waals surface area contributed by atoms with Crippen LogP contribution in [0.5, 0.6) is 0 Å². The van der Waals surface area contributed by atoms with Gasteiger partial charge in [-0.25, -0.2) is 9.97 Å². The van der Waals surface area contributed by atoms with Gasteiger partial charge in [0, 0.05) is 24.1 Å². The van der Waals surface area contributed by atoms with Gasteiger partial charge in [0.2, 0.25) is 0 Å². The van der Waals surface area contributed by atoms with E-state index < -0.39 is 0 Å². The zero-order valence-electron chi connectivity index (χ0n) is 12.0. The van der Waals surface area contributed by atoms with Crippen LogP contribution >= 0.6 is 0 Å². The highest BCUT2D eigenvalue weighted by atomic mass is 15.1. The predicted molar refractivity (Wildman–Crippen MR) is 76.2 cm³/mol. The lowest BCUT2D eigenvalue weighted by molar-refractivity contribution is 0.770. The molecule has 18 heavy (non-hydrogen) atoms. The highest BCUT2D eigenvalue weighted by Crippen LogP contribution is 2.34. The average Bonchev–Trinajstić information content (AvgIpc) is 2.99. The summed E-state index contributed by atoms with van der Waals surface area (Å²) in [7, 11) is 0. The van der Waals surface area contributed by atoms with E-state index in [4.69, 9.17) is 0 Å². The van der Waals surface area contributed by atoms with Crippen LogP contribution in [-0.2, 0) is 0 Å². The lowest BCUT2D eigenvalue weighted by atomic mass is 10.2. The van der Waals surface area contributed by atoms with Gasteiger partial charge in [0.25, 0.3) is 0 Å². The van der Waals surface area contributed by atoms with E-state index in [1.54, 1.807) is 0 Å². The van der Waals surface area contributed by atoms with Crippen LogP contribution in [0.15, 0.2) is 0 Å². The molecule has 2 atom stereocenters. The Morgan fingerprint density at radius 3 is 2.39 bits per heavy atom. The molecule has 1 aliphatic carbocycles. The van der Waals surface area contributed by atoms with E-state index in [-0.39, 0.29) is 0 Å². The van der Waals surface area contributed by atoms with E-state index in [9.17, 15) is 0 Å². The van der Waals surface area contributed by atoms with Crippen molar-refractivity contribution in [3.63, 3.8) is 0 Å². The van der Waals surface area contributed by atoms with Crippen molar-refractivity contribution in [2.75, 3.05) is 17.2 Å². The molecule has 0 bridgehead atoms. The predicted octanol–water partition coefficient (Wildman–Crippen LogP) is 3.16. The van der Waals surface area contributed by atoms with Gasteiger partial charge in [-0.3, -0.25) is 0 Å². The first-order valence-corrected chi connectivity index (χ1v) is 6.91. The molecule has 4 nitrogen and oxygen atoms in total. The molecule has 0 amide bonds. The number of hydrogen-bond donors (Lipinski definition) is 2. The van der Waals surface area contributed by atoms with E-state index in [2.05, 4.69) is 55.2 Å². The molecule has 2 unspecified atom stereocenters. The van der Waals surface area contributed by atoms with Gasteiger partial charge < -0.3 is 10.6 Å². The summed E-state index contributed by atoms with van der Waals surface area (Å²) in [5.41, 5.74) is 1.13. The molecule has 1 aromatic heterocycles. The van der Waals surface area contributed by atoms with Gasteiger partial charge in [0.05, 0.1) is 0 Å². The van der Waals surface area contributed by atoms with E-state index >= 15 is 0 Å². The summed E-state index contributed by atoms with van der Waals surface area (Å²) in [5.74, 6) is 3.99. The Morgan fingerprint density at radius 2 is 1.89 bits per heavy atom. The Kier molecular flexibility index (Phi) is 3.73. The van der Waals surface area contributed by atoms with Crippen LogP contribution in [0, 0.1) is 12.8 Å². The first-order valence-electron chi connectivity index (χ1n) is 6.91. The summed E-state index contributed by atoms with van der Waals surface area (Å²) < 4.78 is 0. The van der Waals surface area contributed by atoms with Crippen LogP contribution in [-0.4, -0.2) is 22.6 Å². The van der Waals surface area contributed by atoms with Crippen molar-refractivity contribution in [1.82, 2.24) is 9.97 Å². The molecule has 1 aromatic rings. The van der Waals surface area contributed by atoms with E-state index in [1.165, 1.54) is 6.42 Å². The van der Waals surface area contributed by atoms with Gasteiger partial charge in [-0.15, -0.1) is 0 Å². The van der Waals surface area contributed by atoms with Crippen LogP contribution in [0.1, 0.15) is 51.4 Å². The van der Waals surface area contributed by atoms with Crippen LogP contribution < -0.4 is 10.6 Å². The van der Waals surface area contributed by atoms with Crippen molar-refractivity contribution < 1.29 is 0 Å². The Morgan fingerprint density at radius 1 is 1.28 bits per heavy atom. The largest absolute Gasteiger partial charge is 0.370 e. The van der Waals surface area contributed by atoms with Crippen LogP contribution in [0.2, 0.25) is 0 Å². The molecule has 1 aliphatic rings. The molecular weight excluding hydrogens is 224 g/mol. The molecule has 100 valence electrons. The topological polar surface area (TPSA) is 49.8 Å². The Labute approximate surface area is 110 Å². The van der Waals surface area contributed by atoms with Gasteiger partial charge in [0.15, 0.2) is 0 Å². The molecule has 0 saturated heterocycles. The maximum Gasteiger partial charge on any atom is 0.135 e. The molecule has 0 spiro atoms. The van der Waals surface area contributed by atoms with Crippen LogP contribution in [0.25, 0.3) is 0 Å². The number of hydrogen-bond acceptors (Lipinski definition) is 4. The molecule has 0 aliphatic heterocycles. The maximum absolute atomic E-state index is 4.67. The lowest BCUT2D eigenvalue weighted by Crippen LogP contribution is -2.13. The molecule has 1 saturated carbocycles. The first kappa shape index (κ1) is 13.1. The van der Waals surface area contributed by atoms with Crippen molar-refractivity contribution in [3.8, 4) is 0 Å².